The van der Waals surface area contributed by atoms with Crippen LogP contribution in [0.4, 0.5) is 0 Å². The fraction of sp³-hybridized carbons (Fsp3) is 0.478. The molecule has 0 unspecified atom stereocenters. The summed E-state index contributed by atoms with van der Waals surface area (Å²) in [7, 11) is 0. The van der Waals surface area contributed by atoms with Crippen molar-refractivity contribution in [2.75, 3.05) is 26.2 Å². The minimum Gasteiger partial charge on any atom is -0.486 e. The zero-order valence-electron chi connectivity index (χ0n) is 17.1. The highest BCUT2D eigenvalue weighted by molar-refractivity contribution is 5.93. The molecule has 6 heteroatoms. The van der Waals surface area contributed by atoms with Crippen LogP contribution >= 0.6 is 0 Å². The number of amides is 2. The Hall–Kier alpha value is -2.76. The molecule has 2 aliphatic rings. The molecular formula is C23H28N2O4. The molecule has 0 N–H and O–H groups in total. The number of para-hydroxylation sites is 1. The fourth-order valence-electron chi connectivity index (χ4n) is 3.75. The number of hydrogen-bond acceptors (Lipinski definition) is 4. The number of nitrogens with zero attached hydrogens (tertiary/aromatic N) is 2. The summed E-state index contributed by atoms with van der Waals surface area (Å²) in [4.78, 5) is 29.4. The number of hydrogen-bond donors (Lipinski definition) is 0. The first kappa shape index (κ1) is 19.6. The summed E-state index contributed by atoms with van der Waals surface area (Å²) in [6.45, 7) is 6.67. The summed E-state index contributed by atoms with van der Waals surface area (Å²) in [6, 6.07) is 11.4. The average molecular weight is 396 g/mol. The Morgan fingerprint density at radius 3 is 2.48 bits per heavy atom. The van der Waals surface area contributed by atoms with E-state index in [1.165, 1.54) is 0 Å². The van der Waals surface area contributed by atoms with Gasteiger partial charge in [-0.05, 0) is 44.4 Å². The monoisotopic (exact) mass is 396 g/mol. The topological polar surface area (TPSA) is 63.0 Å². The summed E-state index contributed by atoms with van der Waals surface area (Å²) >= 11 is 0. The smallest absolute Gasteiger partial charge is 0.289 e. The number of carbonyl (C=O) groups is 2. The van der Waals surface area contributed by atoms with Crippen LogP contribution in [0.2, 0.25) is 0 Å². The Bertz CT molecular complexity index is 886. The van der Waals surface area contributed by atoms with E-state index < -0.39 is 0 Å². The summed E-state index contributed by atoms with van der Waals surface area (Å²) < 4.78 is 11.6. The van der Waals surface area contributed by atoms with Crippen LogP contribution in [0.15, 0.2) is 40.8 Å². The molecule has 154 valence electrons. The molecule has 2 fully saturated rings. The Kier molecular flexibility index (Phi) is 5.35. The van der Waals surface area contributed by atoms with Crippen LogP contribution in [0.5, 0.6) is 5.75 Å². The van der Waals surface area contributed by atoms with Gasteiger partial charge >= 0.3 is 0 Å². The second kappa shape index (κ2) is 7.93. The van der Waals surface area contributed by atoms with Crippen molar-refractivity contribution >= 4 is 11.8 Å². The quantitative estimate of drug-likeness (QED) is 0.774. The van der Waals surface area contributed by atoms with Crippen LogP contribution in [0.3, 0.4) is 0 Å². The van der Waals surface area contributed by atoms with Gasteiger partial charge in [0.05, 0.1) is 0 Å². The normalized spacial score (nSPS) is 18.3. The summed E-state index contributed by atoms with van der Waals surface area (Å²) in [5.74, 6) is 1.88. The highest BCUT2D eigenvalue weighted by Crippen LogP contribution is 2.46. The zero-order valence-corrected chi connectivity index (χ0v) is 17.1. The molecule has 2 amide bonds. The van der Waals surface area contributed by atoms with Crippen molar-refractivity contribution in [2.45, 2.75) is 39.7 Å². The summed E-state index contributed by atoms with van der Waals surface area (Å²) in [6.07, 6.45) is 2.74. The predicted molar refractivity (Wildman–Crippen MR) is 109 cm³/mol. The van der Waals surface area contributed by atoms with Gasteiger partial charge in [0.1, 0.15) is 18.1 Å². The van der Waals surface area contributed by atoms with Crippen molar-refractivity contribution in [1.82, 2.24) is 9.80 Å². The summed E-state index contributed by atoms with van der Waals surface area (Å²) in [5.41, 5.74) is 0.647. The van der Waals surface area contributed by atoms with E-state index in [4.69, 9.17) is 9.15 Å². The lowest BCUT2D eigenvalue weighted by Gasteiger charge is -2.24. The predicted octanol–water partition coefficient (Wildman–Crippen LogP) is 3.64. The Morgan fingerprint density at radius 2 is 1.76 bits per heavy atom. The molecule has 0 atom stereocenters. The van der Waals surface area contributed by atoms with Crippen molar-refractivity contribution in [3.8, 4) is 5.75 Å². The van der Waals surface area contributed by atoms with Crippen molar-refractivity contribution < 1.29 is 18.7 Å². The van der Waals surface area contributed by atoms with Gasteiger partial charge in [-0.1, -0.05) is 25.1 Å². The van der Waals surface area contributed by atoms with Gasteiger partial charge in [-0.3, -0.25) is 9.59 Å². The SMILES string of the molecule is Cc1cc(COc2ccccc2)oc1C(=O)N1CCCN(C(=O)C2(C)CC2)CC1. The van der Waals surface area contributed by atoms with Crippen LogP contribution in [-0.4, -0.2) is 47.8 Å². The third-order valence-electron chi connectivity index (χ3n) is 5.87. The molecule has 1 aliphatic heterocycles. The number of rotatable bonds is 5. The fourth-order valence-corrected chi connectivity index (χ4v) is 3.75. The van der Waals surface area contributed by atoms with E-state index in [9.17, 15) is 9.59 Å². The van der Waals surface area contributed by atoms with Crippen LogP contribution < -0.4 is 4.74 Å². The Balaban J connectivity index is 1.37. The van der Waals surface area contributed by atoms with Gasteiger partial charge in [-0.25, -0.2) is 0 Å². The molecule has 1 saturated carbocycles. The van der Waals surface area contributed by atoms with Gasteiger partial charge in [0.25, 0.3) is 5.91 Å². The first-order valence-electron chi connectivity index (χ1n) is 10.3. The first-order valence-corrected chi connectivity index (χ1v) is 10.3. The molecule has 2 aromatic rings. The maximum atomic E-state index is 13.0. The lowest BCUT2D eigenvalue weighted by molar-refractivity contribution is -0.136. The molecule has 29 heavy (non-hydrogen) atoms. The largest absolute Gasteiger partial charge is 0.486 e. The van der Waals surface area contributed by atoms with Crippen molar-refractivity contribution in [2.24, 2.45) is 5.41 Å². The van der Waals surface area contributed by atoms with Gasteiger partial charge in [-0.15, -0.1) is 0 Å². The van der Waals surface area contributed by atoms with E-state index in [1.807, 2.05) is 55.1 Å². The second-order valence-corrected chi connectivity index (χ2v) is 8.33. The minimum absolute atomic E-state index is 0.111. The van der Waals surface area contributed by atoms with Crippen molar-refractivity contribution in [3.63, 3.8) is 0 Å². The van der Waals surface area contributed by atoms with Gasteiger partial charge in [0, 0.05) is 37.2 Å². The van der Waals surface area contributed by atoms with Crippen LogP contribution in [0.1, 0.15) is 48.1 Å². The highest BCUT2D eigenvalue weighted by Gasteiger charge is 2.47. The molecule has 1 aromatic carbocycles. The molecule has 1 aliphatic carbocycles. The molecular weight excluding hydrogens is 368 g/mol. The zero-order chi connectivity index (χ0) is 20.4. The highest BCUT2D eigenvalue weighted by atomic mass is 16.5. The number of furan rings is 1. The van der Waals surface area contributed by atoms with Crippen molar-refractivity contribution in [1.29, 1.82) is 0 Å². The molecule has 4 rings (SSSR count). The van der Waals surface area contributed by atoms with Crippen LogP contribution in [-0.2, 0) is 11.4 Å². The van der Waals surface area contributed by atoms with E-state index in [-0.39, 0.29) is 23.8 Å². The Morgan fingerprint density at radius 1 is 1.07 bits per heavy atom. The average Bonchev–Trinajstić information content (AvgIpc) is 3.44. The molecule has 0 bridgehead atoms. The molecule has 1 saturated heterocycles. The van der Waals surface area contributed by atoms with E-state index in [2.05, 4.69) is 0 Å². The number of carbonyl (C=O) groups excluding carboxylic acids is 2. The summed E-state index contributed by atoms with van der Waals surface area (Å²) in [5, 5.41) is 0. The van der Waals surface area contributed by atoms with Gasteiger partial charge in [-0.2, -0.15) is 0 Å². The minimum atomic E-state index is -0.162. The van der Waals surface area contributed by atoms with E-state index in [0.717, 1.165) is 30.6 Å². The first-order chi connectivity index (χ1) is 14.0. The number of aryl methyl sites for hydroxylation is 1. The number of benzene rings is 1. The van der Waals surface area contributed by atoms with E-state index in [0.29, 0.717) is 37.7 Å². The van der Waals surface area contributed by atoms with Gasteiger partial charge in [0.15, 0.2) is 5.76 Å². The van der Waals surface area contributed by atoms with Crippen molar-refractivity contribution in [3.05, 3.63) is 53.5 Å². The maximum Gasteiger partial charge on any atom is 0.289 e. The molecule has 0 radical (unpaired) electrons. The third kappa shape index (κ3) is 4.31. The second-order valence-electron chi connectivity index (χ2n) is 8.33. The van der Waals surface area contributed by atoms with E-state index in [1.54, 1.807) is 4.90 Å². The maximum absolute atomic E-state index is 13.0. The Labute approximate surface area is 171 Å². The van der Waals surface area contributed by atoms with Crippen LogP contribution in [0.25, 0.3) is 0 Å². The molecule has 0 spiro atoms. The van der Waals surface area contributed by atoms with Gasteiger partial charge < -0.3 is 19.0 Å². The third-order valence-corrected chi connectivity index (χ3v) is 5.87. The lowest BCUT2D eigenvalue weighted by atomic mass is 10.1. The molecule has 1 aromatic heterocycles. The number of ether oxygens (including phenoxy) is 1. The van der Waals surface area contributed by atoms with Gasteiger partial charge in [0.2, 0.25) is 5.91 Å². The molecule has 2 heterocycles. The van der Waals surface area contributed by atoms with Crippen LogP contribution in [0, 0.1) is 12.3 Å². The lowest BCUT2D eigenvalue weighted by Crippen LogP contribution is -2.40. The molecule has 6 nitrogen and oxygen atoms in total. The van der Waals surface area contributed by atoms with E-state index >= 15 is 0 Å². The standard InChI is InChI=1S/C23H28N2O4/c1-17-15-19(16-28-18-7-4-3-5-8-18)29-20(17)21(26)24-11-6-12-25(14-13-24)22(27)23(2)9-10-23/h3-5,7-8,15H,6,9-14,16H2,1-2H3.